The van der Waals surface area contributed by atoms with Crippen molar-refractivity contribution in [3.63, 3.8) is 0 Å². The van der Waals surface area contributed by atoms with Gasteiger partial charge in [0.1, 0.15) is 12.1 Å². The molecule has 15 heteroatoms. The average Bonchev–Trinajstić information content (AvgIpc) is 3.45. The molecule has 46 heavy (non-hydrogen) atoms. The Morgan fingerprint density at radius 2 is 1.70 bits per heavy atom. The zero-order valence-corrected chi connectivity index (χ0v) is 29.4. The topological polar surface area (TPSA) is 189 Å². The number of urea groups is 1. The summed E-state index contributed by atoms with van der Waals surface area (Å²) in [5.74, 6) is -2.53. The smallest absolute Gasteiger partial charge is 0.346 e. The molecule has 0 radical (unpaired) electrons. The minimum Gasteiger partial charge on any atom is -0.346 e. The first-order chi connectivity index (χ1) is 21.3. The number of amides is 5. The third-order valence-electron chi connectivity index (χ3n) is 8.30. The molecule has 5 amide bonds. The van der Waals surface area contributed by atoms with Gasteiger partial charge in [-0.15, -0.1) is 6.58 Å². The molecule has 5 atom stereocenters. The molecule has 0 aromatic carbocycles. The number of carbonyl (C=O) groups excluding carboxylic acids is 5. The Morgan fingerprint density at radius 3 is 2.26 bits per heavy atom. The van der Waals surface area contributed by atoms with Crippen LogP contribution >= 0.6 is 0 Å². The van der Waals surface area contributed by atoms with E-state index in [9.17, 15) is 32.7 Å². The van der Waals surface area contributed by atoms with Gasteiger partial charge in [-0.2, -0.15) is 4.55 Å². The Labute approximate surface area is 275 Å². The minimum absolute atomic E-state index is 0.116. The van der Waals surface area contributed by atoms with E-state index in [4.69, 9.17) is 0 Å². The predicted octanol–water partition coefficient (Wildman–Crippen LogP) is 1.75. The maximum atomic E-state index is 14.0. The standard InChI is InChI=1S/C31H55N7O7S/c1-9-11-14-21(24(39)27(41)32-16-10-2)34-26(40)22-15-12-19-38(22)28(42)25(31(6,7)8)36-29(43)35-23(30(3,4)5)20-37-18-13-17-33-46(37,44)45/h10,21-23,25H,2,9,11-20H2,1,3-8H3,(H5-,32,33,34,35,36,40,41,43,44,45)/p+1/t21?,22-,23+,25+/m0/s1. The summed E-state index contributed by atoms with van der Waals surface area (Å²) in [6, 6.07) is -4.07. The number of unbranched alkanes of at least 4 members (excludes halogenated alkanes) is 1. The lowest BCUT2D eigenvalue weighted by molar-refractivity contribution is -0.143. The molecule has 0 aliphatic carbocycles. The lowest BCUT2D eigenvalue weighted by atomic mass is 9.85. The first-order valence-electron chi connectivity index (χ1n) is 16.2. The first kappa shape index (κ1) is 39.3. The van der Waals surface area contributed by atoms with Crippen LogP contribution in [0.15, 0.2) is 12.7 Å². The number of nitrogens with zero attached hydrogens (tertiary/aromatic N) is 2. The Kier molecular flexibility index (Phi) is 14.3. The first-order valence-corrected chi connectivity index (χ1v) is 17.7. The van der Waals surface area contributed by atoms with Crippen molar-refractivity contribution < 1.29 is 32.7 Å². The molecule has 2 saturated heterocycles. The van der Waals surface area contributed by atoms with Crippen LogP contribution < -0.4 is 26.0 Å². The second kappa shape index (κ2) is 16.8. The van der Waals surface area contributed by atoms with Gasteiger partial charge in [-0.3, -0.25) is 19.2 Å². The Hall–Kier alpha value is -2.88. The van der Waals surface area contributed by atoms with Crippen LogP contribution in [-0.4, -0.2) is 100 Å². The van der Waals surface area contributed by atoms with Crippen LogP contribution in [0.4, 0.5) is 4.79 Å². The molecular formula is C31H56N7O7S+. The lowest BCUT2D eigenvalue weighted by Crippen LogP contribution is -2.63. The molecule has 2 aliphatic rings. The van der Waals surface area contributed by atoms with Crippen LogP contribution in [0.3, 0.4) is 0 Å². The van der Waals surface area contributed by atoms with E-state index in [0.717, 1.165) is 6.42 Å². The van der Waals surface area contributed by atoms with Crippen LogP contribution in [-0.2, 0) is 34.0 Å². The number of hydrogen-bond acceptors (Lipinski definition) is 6. The van der Waals surface area contributed by atoms with Gasteiger partial charge in [0.15, 0.2) is 0 Å². The summed E-state index contributed by atoms with van der Waals surface area (Å²) >= 11 is 0. The monoisotopic (exact) mass is 670 g/mol. The van der Waals surface area contributed by atoms with E-state index in [0.29, 0.717) is 38.8 Å². The summed E-state index contributed by atoms with van der Waals surface area (Å²) in [7, 11) is -3.41. The molecule has 2 unspecified atom stereocenters. The molecule has 0 aromatic heterocycles. The van der Waals surface area contributed by atoms with Gasteiger partial charge in [-0.1, -0.05) is 76.4 Å². The van der Waals surface area contributed by atoms with E-state index in [-0.39, 0.29) is 26.1 Å². The van der Waals surface area contributed by atoms with E-state index in [1.165, 1.54) is 15.3 Å². The summed E-state index contributed by atoms with van der Waals surface area (Å²) in [4.78, 5) is 67.6. The number of likely N-dealkylation sites (tertiary alicyclic amines) is 1. The Balaban J connectivity index is 2.20. The molecule has 14 nitrogen and oxygen atoms in total. The van der Waals surface area contributed by atoms with Crippen LogP contribution in [0.1, 0.15) is 87.0 Å². The summed E-state index contributed by atoms with van der Waals surface area (Å²) in [5.41, 5.74) is -1.23. The quantitative estimate of drug-likeness (QED) is 0.0922. The molecule has 2 aliphatic heterocycles. The van der Waals surface area contributed by atoms with Crippen LogP contribution in [0.2, 0.25) is 0 Å². The number of carbonyl (C=O) groups is 5. The number of nitrogens with one attached hydrogen (secondary N) is 5. The third-order valence-corrected chi connectivity index (χ3v) is 9.91. The molecule has 0 saturated carbocycles. The zero-order valence-electron chi connectivity index (χ0n) is 28.6. The van der Waals surface area contributed by atoms with Gasteiger partial charge >= 0.3 is 16.6 Å². The van der Waals surface area contributed by atoms with E-state index in [1.807, 2.05) is 48.5 Å². The highest BCUT2D eigenvalue weighted by Crippen LogP contribution is 2.27. The summed E-state index contributed by atoms with van der Waals surface area (Å²) in [6.07, 6.45) is 4.71. The fourth-order valence-electron chi connectivity index (χ4n) is 5.41. The van der Waals surface area contributed by atoms with Crippen LogP contribution in [0.25, 0.3) is 0 Å². The van der Waals surface area contributed by atoms with Gasteiger partial charge in [0, 0.05) is 19.6 Å². The predicted molar refractivity (Wildman–Crippen MR) is 177 cm³/mol. The molecule has 0 bridgehead atoms. The fraction of sp³-hybridized carbons (Fsp3) is 0.774. The Morgan fingerprint density at radius 1 is 1.02 bits per heavy atom. The molecular weight excluding hydrogens is 614 g/mol. The molecule has 0 aromatic rings. The molecule has 6 N–H and O–H groups in total. The van der Waals surface area contributed by atoms with E-state index >= 15 is 0 Å². The lowest BCUT2D eigenvalue weighted by Gasteiger charge is -2.38. The van der Waals surface area contributed by atoms with Gasteiger partial charge in [0.25, 0.3) is 5.91 Å². The maximum Gasteiger partial charge on any atom is 0.372 e. The number of rotatable bonds is 14. The average molecular weight is 671 g/mol. The largest absolute Gasteiger partial charge is 0.372 e. The van der Waals surface area contributed by atoms with Crippen LogP contribution in [0.5, 0.6) is 0 Å². The minimum atomic E-state index is -3.41. The van der Waals surface area contributed by atoms with Gasteiger partial charge in [0.2, 0.25) is 17.6 Å². The van der Waals surface area contributed by atoms with Crippen molar-refractivity contribution in [1.82, 2.24) is 35.2 Å². The maximum absolute atomic E-state index is 14.0. The number of Topliss-reactive ketones (excluding diaryl/α,β-unsaturated/α-hetero) is 1. The van der Waals surface area contributed by atoms with Crippen molar-refractivity contribution in [2.75, 3.05) is 32.7 Å². The van der Waals surface area contributed by atoms with Crippen LogP contribution in [0, 0.1) is 10.8 Å². The van der Waals surface area contributed by atoms with E-state index < -0.39 is 75.1 Å². The van der Waals surface area contributed by atoms with Crippen molar-refractivity contribution in [3.8, 4) is 0 Å². The fourth-order valence-corrected chi connectivity index (χ4v) is 6.73. The highest BCUT2D eigenvalue weighted by molar-refractivity contribution is 7.93. The third kappa shape index (κ3) is 11.1. The highest BCUT2D eigenvalue weighted by atomic mass is 32.3. The van der Waals surface area contributed by atoms with Gasteiger partial charge < -0.3 is 26.2 Å². The van der Waals surface area contributed by atoms with E-state index in [1.54, 1.807) is 0 Å². The molecule has 2 fully saturated rings. The summed E-state index contributed by atoms with van der Waals surface area (Å²) in [5, 5.41) is 10.9. The number of ketones is 1. The van der Waals surface area contributed by atoms with Gasteiger partial charge in [-0.05, 0) is 40.7 Å². The zero-order chi connectivity index (χ0) is 34.9. The van der Waals surface area contributed by atoms with Gasteiger partial charge in [-0.25, -0.2) is 4.79 Å². The van der Waals surface area contributed by atoms with Crippen molar-refractivity contribution >= 4 is 40.1 Å². The second-order valence-corrected chi connectivity index (χ2v) is 16.0. The summed E-state index contributed by atoms with van der Waals surface area (Å²) in [6.45, 7) is 18.0. The number of hydrogen-bond donors (Lipinski definition) is 6. The second-order valence-electron chi connectivity index (χ2n) is 14.2. The van der Waals surface area contributed by atoms with Crippen molar-refractivity contribution in [1.29, 1.82) is 0 Å². The molecule has 262 valence electrons. The molecule has 2 heterocycles. The SMILES string of the molecule is C=CCNC(=O)C(=O)C(CCCC)NC(=O)[C@@H]1CCCN1C(=O)[C@@H](NC(=O)N[C@H](CN1CCCN[S+]1(=O)O)C(C)(C)C)C(C)(C)C. The normalized spacial score (nSPS) is 22.7. The highest BCUT2D eigenvalue weighted by Gasteiger charge is 2.45. The van der Waals surface area contributed by atoms with Crippen molar-refractivity contribution in [3.05, 3.63) is 12.7 Å². The van der Waals surface area contributed by atoms with Crippen molar-refractivity contribution in [2.45, 2.75) is 111 Å². The van der Waals surface area contributed by atoms with E-state index in [2.05, 4.69) is 32.6 Å². The summed E-state index contributed by atoms with van der Waals surface area (Å²) < 4.78 is 27.1. The van der Waals surface area contributed by atoms with Crippen molar-refractivity contribution in [2.24, 2.45) is 10.8 Å². The van der Waals surface area contributed by atoms with Gasteiger partial charge in [0.05, 0.1) is 25.2 Å². The molecule has 2 rings (SSSR count). The Bertz CT molecular complexity index is 1170. The molecule has 0 spiro atoms.